The first-order valence-electron chi connectivity index (χ1n) is 7.35. The van der Waals surface area contributed by atoms with Gasteiger partial charge in [-0.25, -0.2) is 10.1 Å². The number of aliphatic hydroxyl groups is 1. The quantitative estimate of drug-likeness (QED) is 0.743. The second-order valence-electron chi connectivity index (χ2n) is 5.93. The van der Waals surface area contributed by atoms with E-state index in [0.29, 0.717) is 17.1 Å². The Morgan fingerprint density at radius 1 is 1.42 bits per heavy atom. The molecule has 128 valence electrons. The molecule has 1 atom stereocenters. The van der Waals surface area contributed by atoms with Gasteiger partial charge in [-0.1, -0.05) is 0 Å². The first-order chi connectivity index (χ1) is 11.2. The van der Waals surface area contributed by atoms with Gasteiger partial charge in [0.15, 0.2) is 0 Å². The van der Waals surface area contributed by atoms with Crippen LogP contribution < -0.4 is 15.6 Å². The number of carbonyl (C=O) groups excluding carboxylic acids is 1. The SMILES string of the molecule is COc1ccc(-c2cc(C(=O)N[C@H](C)C(C)(C)O)c(=O)[nH]n2)cn1. The zero-order chi connectivity index (χ0) is 17.9. The average Bonchev–Trinajstić information content (AvgIpc) is 2.54. The minimum atomic E-state index is -1.11. The molecule has 8 nitrogen and oxygen atoms in total. The van der Waals surface area contributed by atoms with Crippen molar-refractivity contribution in [3.63, 3.8) is 0 Å². The number of pyridine rings is 1. The van der Waals surface area contributed by atoms with E-state index in [4.69, 9.17) is 4.74 Å². The van der Waals surface area contributed by atoms with Crippen molar-refractivity contribution in [3.05, 3.63) is 40.3 Å². The molecule has 0 saturated carbocycles. The molecular formula is C16H20N4O4. The van der Waals surface area contributed by atoms with E-state index in [2.05, 4.69) is 20.5 Å². The van der Waals surface area contributed by atoms with Crippen molar-refractivity contribution < 1.29 is 14.6 Å². The van der Waals surface area contributed by atoms with Crippen molar-refractivity contribution in [1.82, 2.24) is 20.5 Å². The van der Waals surface area contributed by atoms with Gasteiger partial charge in [0.25, 0.3) is 11.5 Å². The zero-order valence-corrected chi connectivity index (χ0v) is 14.0. The van der Waals surface area contributed by atoms with E-state index in [0.717, 1.165) is 0 Å². The normalized spacial score (nSPS) is 12.5. The standard InChI is InChI=1S/C16H20N4O4/c1-9(16(2,3)23)18-14(21)11-7-12(19-20-15(11)22)10-5-6-13(24-4)17-8-10/h5-9,23H,1-4H3,(H,18,21)(H,20,22)/t9-/m1/s1. The third kappa shape index (κ3) is 3.96. The van der Waals surface area contributed by atoms with Crippen molar-refractivity contribution in [1.29, 1.82) is 0 Å². The Balaban J connectivity index is 2.31. The summed E-state index contributed by atoms with van der Waals surface area (Å²) in [6.45, 7) is 4.80. The lowest BCUT2D eigenvalue weighted by Crippen LogP contribution is -2.48. The number of rotatable bonds is 5. The Labute approximate surface area is 138 Å². The van der Waals surface area contributed by atoms with Crippen molar-refractivity contribution in [2.45, 2.75) is 32.4 Å². The second kappa shape index (κ2) is 6.79. The average molecular weight is 332 g/mol. The lowest BCUT2D eigenvalue weighted by atomic mass is 10.0. The summed E-state index contributed by atoms with van der Waals surface area (Å²) >= 11 is 0. The van der Waals surface area contributed by atoms with Crippen molar-refractivity contribution in [3.8, 4) is 17.1 Å². The van der Waals surface area contributed by atoms with Crippen LogP contribution in [0.1, 0.15) is 31.1 Å². The van der Waals surface area contributed by atoms with Crippen LogP contribution in [-0.2, 0) is 0 Å². The minimum absolute atomic E-state index is 0.0908. The van der Waals surface area contributed by atoms with Crippen LogP contribution in [0.2, 0.25) is 0 Å². The van der Waals surface area contributed by atoms with Crippen molar-refractivity contribution in [2.75, 3.05) is 7.11 Å². The number of aromatic amines is 1. The summed E-state index contributed by atoms with van der Waals surface area (Å²) in [5, 5.41) is 18.7. The number of hydrogen-bond acceptors (Lipinski definition) is 6. The molecule has 0 radical (unpaired) electrons. The molecule has 0 saturated heterocycles. The first kappa shape index (κ1) is 17.6. The Morgan fingerprint density at radius 2 is 2.12 bits per heavy atom. The lowest BCUT2D eigenvalue weighted by Gasteiger charge is -2.26. The molecule has 0 bridgehead atoms. The third-order valence-corrected chi connectivity index (χ3v) is 3.70. The van der Waals surface area contributed by atoms with E-state index in [9.17, 15) is 14.7 Å². The number of aromatic nitrogens is 3. The predicted molar refractivity (Wildman–Crippen MR) is 87.9 cm³/mol. The highest BCUT2D eigenvalue weighted by Crippen LogP contribution is 2.17. The van der Waals surface area contributed by atoms with E-state index in [1.54, 1.807) is 32.9 Å². The Morgan fingerprint density at radius 3 is 2.67 bits per heavy atom. The molecule has 24 heavy (non-hydrogen) atoms. The number of nitrogens with one attached hydrogen (secondary N) is 2. The maximum Gasteiger partial charge on any atom is 0.277 e. The van der Waals surface area contributed by atoms with Gasteiger partial charge in [-0.05, 0) is 32.9 Å². The third-order valence-electron chi connectivity index (χ3n) is 3.70. The molecule has 0 aromatic carbocycles. The molecule has 0 aliphatic heterocycles. The highest BCUT2D eigenvalue weighted by atomic mass is 16.5. The number of nitrogens with zero attached hydrogens (tertiary/aromatic N) is 2. The predicted octanol–water partition coefficient (Wildman–Crippen LogP) is 0.730. The number of carbonyl (C=O) groups is 1. The van der Waals surface area contributed by atoms with E-state index < -0.39 is 23.1 Å². The van der Waals surface area contributed by atoms with Gasteiger partial charge in [0.1, 0.15) is 5.56 Å². The molecule has 0 aliphatic rings. The van der Waals surface area contributed by atoms with Crippen molar-refractivity contribution in [2.24, 2.45) is 0 Å². The second-order valence-corrected chi connectivity index (χ2v) is 5.93. The largest absolute Gasteiger partial charge is 0.481 e. The molecule has 0 unspecified atom stereocenters. The molecule has 2 heterocycles. The van der Waals surface area contributed by atoms with Gasteiger partial charge in [0, 0.05) is 17.8 Å². The molecule has 2 aromatic heterocycles. The van der Waals surface area contributed by atoms with Crippen LogP contribution in [0.3, 0.4) is 0 Å². The number of hydrogen-bond donors (Lipinski definition) is 3. The smallest absolute Gasteiger partial charge is 0.277 e. The fourth-order valence-electron chi connectivity index (χ4n) is 1.83. The lowest BCUT2D eigenvalue weighted by molar-refractivity contribution is 0.0408. The maximum atomic E-state index is 12.3. The van der Waals surface area contributed by atoms with E-state index in [1.165, 1.54) is 19.4 Å². The van der Waals surface area contributed by atoms with Gasteiger partial charge < -0.3 is 15.2 Å². The summed E-state index contributed by atoms with van der Waals surface area (Å²) in [5.74, 6) is -0.142. The topological polar surface area (TPSA) is 117 Å². The first-order valence-corrected chi connectivity index (χ1v) is 7.35. The molecule has 0 aliphatic carbocycles. The molecule has 0 fully saturated rings. The molecule has 2 rings (SSSR count). The van der Waals surface area contributed by atoms with Crippen LogP contribution in [0.5, 0.6) is 5.88 Å². The van der Waals surface area contributed by atoms with Crippen LogP contribution in [-0.4, -0.2) is 44.9 Å². The van der Waals surface area contributed by atoms with Gasteiger partial charge in [-0.3, -0.25) is 9.59 Å². The highest BCUT2D eigenvalue weighted by molar-refractivity contribution is 5.94. The Hall–Kier alpha value is -2.74. The van der Waals surface area contributed by atoms with Crippen molar-refractivity contribution >= 4 is 5.91 Å². The van der Waals surface area contributed by atoms with Gasteiger partial charge >= 0.3 is 0 Å². The van der Waals surface area contributed by atoms with Gasteiger partial charge in [0.2, 0.25) is 5.88 Å². The summed E-state index contributed by atoms with van der Waals surface area (Å²) in [6.07, 6.45) is 1.53. The maximum absolute atomic E-state index is 12.3. The van der Waals surface area contributed by atoms with Crippen LogP contribution in [0.25, 0.3) is 11.3 Å². The summed E-state index contributed by atoms with van der Waals surface area (Å²) in [7, 11) is 1.51. The Bertz CT molecular complexity index is 778. The van der Waals surface area contributed by atoms with Crippen LogP contribution >= 0.6 is 0 Å². The van der Waals surface area contributed by atoms with Gasteiger partial charge in [-0.15, -0.1) is 0 Å². The molecular weight excluding hydrogens is 312 g/mol. The number of ether oxygens (including phenoxy) is 1. The van der Waals surface area contributed by atoms with Crippen LogP contribution in [0.15, 0.2) is 29.2 Å². The van der Waals surface area contributed by atoms with E-state index in [1.807, 2.05) is 0 Å². The summed E-state index contributed by atoms with van der Waals surface area (Å²) in [5.41, 5.74) is -0.798. The van der Waals surface area contributed by atoms with E-state index >= 15 is 0 Å². The monoisotopic (exact) mass is 332 g/mol. The summed E-state index contributed by atoms with van der Waals surface area (Å²) in [4.78, 5) is 28.3. The number of amides is 1. The van der Waals surface area contributed by atoms with Crippen LogP contribution in [0.4, 0.5) is 0 Å². The fraction of sp³-hybridized carbons (Fsp3) is 0.375. The fourth-order valence-corrected chi connectivity index (χ4v) is 1.83. The number of methoxy groups -OCH3 is 1. The highest BCUT2D eigenvalue weighted by Gasteiger charge is 2.25. The number of H-pyrrole nitrogens is 1. The van der Waals surface area contributed by atoms with E-state index in [-0.39, 0.29) is 5.56 Å². The zero-order valence-electron chi connectivity index (χ0n) is 14.0. The Kier molecular flexibility index (Phi) is 4.99. The molecule has 3 N–H and O–H groups in total. The molecule has 8 heteroatoms. The van der Waals surface area contributed by atoms with Crippen LogP contribution in [0, 0.1) is 0 Å². The molecule has 1 amide bonds. The minimum Gasteiger partial charge on any atom is -0.481 e. The summed E-state index contributed by atoms with van der Waals surface area (Å²) < 4.78 is 4.98. The molecule has 2 aromatic rings. The summed E-state index contributed by atoms with van der Waals surface area (Å²) in [6, 6.07) is 4.21. The molecule has 0 spiro atoms. The van der Waals surface area contributed by atoms with Gasteiger partial charge in [-0.2, -0.15) is 5.10 Å². The van der Waals surface area contributed by atoms with Gasteiger partial charge in [0.05, 0.1) is 24.4 Å².